The van der Waals surface area contributed by atoms with Gasteiger partial charge in [0.25, 0.3) is 6.71 Å². The standard InChI is InChI=1S/C57H55BN4/c1-34-29-37(56(6,7)8)30-35(2)51(34)54-59-45-32-38(57(9,10)11)31-44-53(45)62(54)49-22-16-21-48-52(49)58(44)43-28-27-40(33-50(43)60(48)39-25-23-36(24-26-39)55(3,4)5)61-46-19-14-12-17-41(46)42-18-13-15-20-47(42)61/h12-33H,1-11H3. The Bertz CT molecular complexity index is 3250. The first kappa shape index (κ1) is 38.6. The van der Waals surface area contributed by atoms with E-state index in [4.69, 9.17) is 4.98 Å². The molecular weight excluding hydrogens is 751 g/mol. The number of hydrogen-bond donors (Lipinski definition) is 0. The molecule has 0 fully saturated rings. The van der Waals surface area contributed by atoms with Crippen LogP contribution in [-0.4, -0.2) is 20.8 Å². The summed E-state index contributed by atoms with van der Waals surface area (Å²) in [6.45, 7) is 25.3. The number of imidazole rings is 1. The normalized spacial score (nSPS) is 13.7. The quantitative estimate of drug-likeness (QED) is 0.166. The predicted molar refractivity (Wildman–Crippen MR) is 266 cm³/mol. The average Bonchev–Trinajstić information content (AvgIpc) is 3.77. The molecule has 2 aromatic heterocycles. The van der Waals surface area contributed by atoms with Crippen LogP contribution in [0.1, 0.15) is 90.1 Å². The van der Waals surface area contributed by atoms with E-state index in [-0.39, 0.29) is 23.0 Å². The number of anilines is 3. The lowest BCUT2D eigenvalue weighted by atomic mass is 9.33. The highest BCUT2D eigenvalue weighted by Crippen LogP contribution is 2.44. The molecule has 2 aliphatic rings. The van der Waals surface area contributed by atoms with Gasteiger partial charge in [-0.2, -0.15) is 0 Å². The van der Waals surface area contributed by atoms with E-state index in [1.807, 2.05) is 0 Å². The van der Waals surface area contributed by atoms with Gasteiger partial charge in [0.1, 0.15) is 5.82 Å². The SMILES string of the molecule is Cc1cc(C(C)(C)C)cc(C)c1-c1nc2cc(C(C)(C)C)cc3c2n1-c1cccc2c1B3c1ccc(-n3c4ccccc4c4ccccc43)cc1N2c1ccc(C(C)(C)C)cc1. The molecule has 4 heterocycles. The molecule has 0 aliphatic carbocycles. The first-order valence-electron chi connectivity index (χ1n) is 22.3. The molecule has 0 radical (unpaired) electrons. The van der Waals surface area contributed by atoms with Crippen LogP contribution in [0, 0.1) is 13.8 Å². The summed E-state index contributed by atoms with van der Waals surface area (Å²) >= 11 is 0. The van der Waals surface area contributed by atoms with Crippen molar-refractivity contribution in [3.63, 3.8) is 0 Å². The predicted octanol–water partition coefficient (Wildman–Crippen LogP) is 12.9. The maximum absolute atomic E-state index is 5.68. The number of fused-ring (bicyclic) bond motifs is 7. The lowest BCUT2D eigenvalue weighted by Gasteiger charge is -2.41. The molecule has 0 saturated heterocycles. The monoisotopic (exact) mass is 806 g/mol. The topological polar surface area (TPSA) is 26.0 Å². The average molecular weight is 807 g/mol. The number of nitrogens with zero attached hydrogens (tertiary/aromatic N) is 4. The summed E-state index contributed by atoms with van der Waals surface area (Å²) in [5.74, 6) is 1.02. The number of hydrogen-bond acceptors (Lipinski definition) is 2. The van der Waals surface area contributed by atoms with Crippen molar-refractivity contribution in [2.45, 2.75) is 92.4 Å². The summed E-state index contributed by atoms with van der Waals surface area (Å²) in [6, 6.07) is 50.8. The Morgan fingerprint density at radius 1 is 0.468 bits per heavy atom. The molecule has 7 aromatic carbocycles. The van der Waals surface area contributed by atoms with Crippen molar-refractivity contribution >= 4 is 73.0 Å². The summed E-state index contributed by atoms with van der Waals surface area (Å²) in [6.07, 6.45) is 0. The van der Waals surface area contributed by atoms with Crippen LogP contribution in [0.5, 0.6) is 0 Å². The Morgan fingerprint density at radius 3 is 1.65 bits per heavy atom. The van der Waals surface area contributed by atoms with E-state index in [2.05, 4.69) is 224 Å². The van der Waals surface area contributed by atoms with E-state index in [0.29, 0.717) is 0 Å². The van der Waals surface area contributed by atoms with Crippen molar-refractivity contribution in [1.29, 1.82) is 0 Å². The van der Waals surface area contributed by atoms with Gasteiger partial charge in [-0.25, -0.2) is 4.98 Å². The van der Waals surface area contributed by atoms with Gasteiger partial charge in [-0.3, -0.25) is 4.57 Å². The van der Waals surface area contributed by atoms with Gasteiger partial charge in [0.2, 0.25) is 0 Å². The van der Waals surface area contributed by atoms with E-state index >= 15 is 0 Å². The Kier molecular flexibility index (Phi) is 8.15. The smallest absolute Gasteiger partial charge is 0.252 e. The summed E-state index contributed by atoms with van der Waals surface area (Å²) < 4.78 is 4.96. The lowest BCUT2D eigenvalue weighted by Crippen LogP contribution is -2.60. The number of para-hydroxylation sites is 2. The minimum Gasteiger partial charge on any atom is -0.311 e. The van der Waals surface area contributed by atoms with E-state index in [9.17, 15) is 0 Å². The molecule has 11 rings (SSSR count). The van der Waals surface area contributed by atoms with Crippen LogP contribution in [0.15, 0.2) is 133 Å². The molecule has 0 bridgehead atoms. The van der Waals surface area contributed by atoms with E-state index < -0.39 is 0 Å². The van der Waals surface area contributed by atoms with Crippen molar-refractivity contribution in [3.8, 4) is 22.8 Å². The molecule has 0 amide bonds. The lowest BCUT2D eigenvalue weighted by molar-refractivity contribution is 0.589. The highest BCUT2D eigenvalue weighted by molar-refractivity contribution is 7.00. The van der Waals surface area contributed by atoms with Gasteiger partial charge in [-0.05, 0) is 129 Å². The van der Waals surface area contributed by atoms with Gasteiger partial charge >= 0.3 is 0 Å². The maximum Gasteiger partial charge on any atom is 0.252 e. The molecule has 9 aromatic rings. The molecule has 5 heteroatoms. The van der Waals surface area contributed by atoms with Crippen LogP contribution >= 0.6 is 0 Å². The highest BCUT2D eigenvalue weighted by Gasteiger charge is 2.43. The zero-order valence-corrected chi connectivity index (χ0v) is 38.1. The second kappa shape index (κ2) is 13.1. The van der Waals surface area contributed by atoms with Gasteiger partial charge in [-0.15, -0.1) is 0 Å². The molecule has 306 valence electrons. The third-order valence-electron chi connectivity index (χ3n) is 13.8. The van der Waals surface area contributed by atoms with Gasteiger partial charge in [0, 0.05) is 44.8 Å². The van der Waals surface area contributed by atoms with E-state index in [0.717, 1.165) is 22.7 Å². The number of rotatable bonds is 3. The van der Waals surface area contributed by atoms with Crippen LogP contribution in [0.3, 0.4) is 0 Å². The molecule has 0 saturated carbocycles. The second-order valence-corrected chi connectivity index (χ2v) is 21.1. The number of benzene rings is 7. The van der Waals surface area contributed by atoms with Crippen molar-refractivity contribution in [1.82, 2.24) is 14.1 Å². The fourth-order valence-corrected chi connectivity index (χ4v) is 10.6. The summed E-state index contributed by atoms with van der Waals surface area (Å²) in [4.78, 5) is 8.21. The van der Waals surface area contributed by atoms with E-state index in [1.54, 1.807) is 0 Å². The van der Waals surface area contributed by atoms with E-state index in [1.165, 1.54) is 94.2 Å². The Hall–Kier alpha value is -6.33. The maximum atomic E-state index is 5.68. The Morgan fingerprint density at radius 2 is 1.03 bits per heavy atom. The second-order valence-electron chi connectivity index (χ2n) is 21.1. The fraction of sp³-hybridized carbons (Fsp3) is 0.246. The van der Waals surface area contributed by atoms with Crippen LogP contribution in [0.25, 0.3) is 55.6 Å². The first-order valence-corrected chi connectivity index (χ1v) is 22.3. The minimum atomic E-state index is -0.0760. The largest absolute Gasteiger partial charge is 0.311 e. The molecule has 0 atom stereocenters. The van der Waals surface area contributed by atoms with Crippen LogP contribution in [0.2, 0.25) is 0 Å². The number of aromatic nitrogens is 3. The first-order chi connectivity index (χ1) is 29.5. The minimum absolute atomic E-state index is 0.000749. The van der Waals surface area contributed by atoms with Crippen LogP contribution in [0.4, 0.5) is 17.1 Å². The molecule has 0 N–H and O–H groups in total. The summed E-state index contributed by atoms with van der Waals surface area (Å²) in [5.41, 5.74) is 22.3. The zero-order chi connectivity index (χ0) is 43.2. The van der Waals surface area contributed by atoms with Gasteiger partial charge in [0.05, 0.1) is 22.1 Å². The molecule has 0 unspecified atom stereocenters. The molecular formula is C57H55BN4. The van der Waals surface area contributed by atoms with Crippen molar-refractivity contribution in [2.24, 2.45) is 0 Å². The summed E-state index contributed by atoms with van der Waals surface area (Å²) in [7, 11) is 0. The van der Waals surface area contributed by atoms with Crippen LogP contribution in [-0.2, 0) is 16.2 Å². The molecule has 0 spiro atoms. The fourth-order valence-electron chi connectivity index (χ4n) is 10.6. The molecule has 2 aliphatic heterocycles. The van der Waals surface area contributed by atoms with Gasteiger partial charge < -0.3 is 9.47 Å². The van der Waals surface area contributed by atoms with Crippen molar-refractivity contribution in [3.05, 3.63) is 161 Å². The number of aryl methyl sites for hydroxylation is 2. The summed E-state index contributed by atoms with van der Waals surface area (Å²) in [5, 5.41) is 2.53. The zero-order valence-electron chi connectivity index (χ0n) is 38.1. The molecule has 4 nitrogen and oxygen atoms in total. The van der Waals surface area contributed by atoms with Gasteiger partial charge in [-0.1, -0.05) is 141 Å². The molecule has 62 heavy (non-hydrogen) atoms. The highest BCUT2D eigenvalue weighted by atomic mass is 15.2. The van der Waals surface area contributed by atoms with Gasteiger partial charge in [0.15, 0.2) is 0 Å². The van der Waals surface area contributed by atoms with Crippen molar-refractivity contribution in [2.75, 3.05) is 4.90 Å². The van der Waals surface area contributed by atoms with Crippen LogP contribution < -0.4 is 21.3 Å². The Labute approximate surface area is 366 Å². The third-order valence-corrected chi connectivity index (χ3v) is 13.8. The Balaban J connectivity index is 1.24. The van der Waals surface area contributed by atoms with Crippen molar-refractivity contribution < 1.29 is 0 Å². The third kappa shape index (κ3) is 5.63.